The van der Waals surface area contributed by atoms with E-state index in [1.807, 2.05) is 6.07 Å². The Hall–Kier alpha value is -2.09. The van der Waals surface area contributed by atoms with E-state index in [0.29, 0.717) is 23.0 Å². The number of carbonyl (C=O) groups excluding carboxylic acids is 2. The van der Waals surface area contributed by atoms with Gasteiger partial charge in [-0.2, -0.15) is 0 Å². The van der Waals surface area contributed by atoms with Crippen molar-refractivity contribution in [2.24, 2.45) is 0 Å². The maximum Gasteiger partial charge on any atom is 0.340 e. The van der Waals surface area contributed by atoms with Crippen LogP contribution in [0.2, 0.25) is 0 Å². The molecule has 1 spiro atoms. The highest BCUT2D eigenvalue weighted by Crippen LogP contribution is 2.44. The number of nitrogens with one attached hydrogen (secondary N) is 1. The summed E-state index contributed by atoms with van der Waals surface area (Å²) in [6.45, 7) is 2.99. The zero-order chi connectivity index (χ0) is 20.8. The molecule has 1 N–H and O–H groups in total. The number of hydrogen-bond donors (Lipinski definition) is 1. The van der Waals surface area contributed by atoms with Gasteiger partial charge in [-0.15, -0.1) is 0 Å². The van der Waals surface area contributed by atoms with E-state index in [1.54, 1.807) is 25.1 Å². The van der Waals surface area contributed by atoms with Crippen LogP contribution in [-0.2, 0) is 20.7 Å². The molecule has 2 unspecified atom stereocenters. The molecule has 29 heavy (non-hydrogen) atoms. The molecule has 2 aromatic rings. The summed E-state index contributed by atoms with van der Waals surface area (Å²) in [5.74, 6) is -1.53. The maximum atomic E-state index is 14.8. The van der Waals surface area contributed by atoms with Gasteiger partial charge < -0.3 is 14.8 Å². The van der Waals surface area contributed by atoms with E-state index < -0.39 is 28.8 Å². The Labute approximate surface area is 176 Å². The topological polar surface area (TPSA) is 64.6 Å². The van der Waals surface area contributed by atoms with Crippen molar-refractivity contribution in [1.82, 2.24) is 5.32 Å². The molecular weight excluding hydrogens is 441 g/mol. The molecule has 4 rings (SSSR count). The maximum absolute atomic E-state index is 14.8. The predicted octanol–water partition coefficient (Wildman–Crippen LogP) is 4.08. The molecule has 1 saturated heterocycles. The Bertz CT molecular complexity index is 996. The third-order valence-electron chi connectivity index (χ3n) is 5.99. The summed E-state index contributed by atoms with van der Waals surface area (Å²) in [5.41, 5.74) is -0.999. The van der Waals surface area contributed by atoms with Gasteiger partial charge in [-0.1, -0.05) is 47.1 Å². The zero-order valence-corrected chi connectivity index (χ0v) is 17.8. The van der Waals surface area contributed by atoms with E-state index >= 15 is 0 Å². The molecule has 7 heteroatoms. The molecule has 2 aliphatic heterocycles. The first-order chi connectivity index (χ1) is 13.9. The van der Waals surface area contributed by atoms with E-state index in [4.69, 9.17) is 9.47 Å². The molecule has 0 amide bonds. The molecule has 0 aliphatic carbocycles. The summed E-state index contributed by atoms with van der Waals surface area (Å²) in [6, 6.07) is 9.65. The van der Waals surface area contributed by atoms with Crippen LogP contribution >= 0.6 is 15.9 Å². The lowest BCUT2D eigenvalue weighted by Crippen LogP contribution is -2.39. The number of rotatable bonds is 5. The Morgan fingerprint density at radius 2 is 2.17 bits per heavy atom. The molecule has 0 bridgehead atoms. The van der Waals surface area contributed by atoms with Crippen molar-refractivity contribution in [3.05, 3.63) is 68.9 Å². The van der Waals surface area contributed by atoms with Gasteiger partial charge in [0.1, 0.15) is 5.82 Å². The van der Waals surface area contributed by atoms with Crippen molar-refractivity contribution in [3.8, 4) is 0 Å². The standard InChI is InChI=1S/C22H21BrFNO4/c1-3-22(28-2,15-8-7-13(23)11-17(15)24)19(26)14-5-4-6-16-18(14)20(27)29-21(16)9-10-25-12-21/h4-8,11,25H,3,9-10,12H2,1-2H3. The predicted molar refractivity (Wildman–Crippen MR) is 108 cm³/mol. The molecule has 2 aliphatic rings. The summed E-state index contributed by atoms with van der Waals surface area (Å²) in [6.07, 6.45) is 0.847. The minimum absolute atomic E-state index is 0.136. The smallest absolute Gasteiger partial charge is 0.340 e. The van der Waals surface area contributed by atoms with Crippen LogP contribution in [0, 0.1) is 5.82 Å². The zero-order valence-electron chi connectivity index (χ0n) is 16.2. The highest BCUT2D eigenvalue weighted by molar-refractivity contribution is 9.10. The summed E-state index contributed by atoms with van der Waals surface area (Å²) in [7, 11) is 1.38. The van der Waals surface area contributed by atoms with Crippen molar-refractivity contribution in [2.75, 3.05) is 20.2 Å². The first kappa shape index (κ1) is 20.2. The summed E-state index contributed by atoms with van der Waals surface area (Å²) in [5, 5.41) is 3.22. The second-order valence-electron chi connectivity index (χ2n) is 7.38. The number of ether oxygens (including phenoxy) is 2. The average molecular weight is 462 g/mol. The van der Waals surface area contributed by atoms with Crippen molar-refractivity contribution in [3.63, 3.8) is 0 Å². The van der Waals surface area contributed by atoms with Crippen LogP contribution in [-0.4, -0.2) is 32.0 Å². The van der Waals surface area contributed by atoms with Crippen LogP contribution in [0.1, 0.15) is 51.6 Å². The van der Waals surface area contributed by atoms with Gasteiger partial charge in [0, 0.05) is 41.2 Å². The molecule has 2 atom stereocenters. The largest absolute Gasteiger partial charge is 0.449 e. The van der Waals surface area contributed by atoms with Gasteiger partial charge in [0.05, 0.1) is 5.56 Å². The minimum atomic E-state index is -1.55. The number of halogens is 2. The van der Waals surface area contributed by atoms with Crippen LogP contribution in [0.4, 0.5) is 4.39 Å². The van der Waals surface area contributed by atoms with Crippen LogP contribution in [0.15, 0.2) is 40.9 Å². The Morgan fingerprint density at radius 1 is 1.38 bits per heavy atom. The van der Waals surface area contributed by atoms with Gasteiger partial charge in [0.15, 0.2) is 17.0 Å². The first-order valence-corrected chi connectivity index (χ1v) is 10.3. The van der Waals surface area contributed by atoms with Gasteiger partial charge in [-0.25, -0.2) is 9.18 Å². The van der Waals surface area contributed by atoms with Crippen molar-refractivity contribution >= 4 is 27.7 Å². The molecule has 1 fully saturated rings. The lowest BCUT2D eigenvalue weighted by molar-refractivity contribution is -0.00592. The van der Waals surface area contributed by atoms with E-state index in [1.165, 1.54) is 19.2 Å². The third kappa shape index (κ3) is 2.95. The normalized spacial score (nSPS) is 22.4. The fourth-order valence-corrected chi connectivity index (χ4v) is 4.80. The second kappa shape index (κ2) is 7.31. The fraction of sp³-hybridized carbons (Fsp3) is 0.364. The molecular formula is C22H21BrFNO4. The monoisotopic (exact) mass is 461 g/mol. The number of carbonyl (C=O) groups is 2. The van der Waals surface area contributed by atoms with Crippen molar-refractivity contribution in [2.45, 2.75) is 31.0 Å². The Balaban J connectivity index is 1.88. The lowest BCUT2D eigenvalue weighted by Gasteiger charge is -2.31. The molecule has 5 nitrogen and oxygen atoms in total. The van der Waals surface area contributed by atoms with Crippen molar-refractivity contribution < 1.29 is 23.5 Å². The molecule has 152 valence electrons. The highest BCUT2D eigenvalue weighted by atomic mass is 79.9. The number of methoxy groups -OCH3 is 1. The Morgan fingerprint density at radius 3 is 2.79 bits per heavy atom. The van der Waals surface area contributed by atoms with Gasteiger partial charge in [0.25, 0.3) is 0 Å². The van der Waals surface area contributed by atoms with Crippen LogP contribution < -0.4 is 5.32 Å². The highest BCUT2D eigenvalue weighted by Gasteiger charge is 2.51. The number of benzene rings is 2. The molecule has 2 heterocycles. The van der Waals surface area contributed by atoms with Gasteiger partial charge in [-0.3, -0.25) is 4.79 Å². The number of esters is 1. The SMILES string of the molecule is CCC(OC)(C(=O)c1cccc2c1C(=O)OC21CCNC1)c1ccc(Br)cc1F. The second-order valence-corrected chi connectivity index (χ2v) is 8.29. The van der Waals surface area contributed by atoms with Gasteiger partial charge in [0.2, 0.25) is 0 Å². The summed E-state index contributed by atoms with van der Waals surface area (Å²) < 4.78 is 26.8. The van der Waals surface area contributed by atoms with Crippen LogP contribution in [0.25, 0.3) is 0 Å². The molecule has 0 aromatic heterocycles. The van der Waals surface area contributed by atoms with Gasteiger partial charge in [-0.05, 0) is 25.1 Å². The lowest BCUT2D eigenvalue weighted by atomic mass is 9.80. The summed E-state index contributed by atoms with van der Waals surface area (Å²) >= 11 is 3.24. The fourth-order valence-electron chi connectivity index (χ4n) is 4.47. The van der Waals surface area contributed by atoms with Crippen LogP contribution in [0.5, 0.6) is 0 Å². The average Bonchev–Trinajstić information content (AvgIpc) is 3.29. The van der Waals surface area contributed by atoms with E-state index in [0.717, 1.165) is 6.54 Å². The Kier molecular flexibility index (Phi) is 5.09. The van der Waals surface area contributed by atoms with E-state index in [9.17, 15) is 14.0 Å². The third-order valence-corrected chi connectivity index (χ3v) is 6.48. The molecule has 2 aromatic carbocycles. The molecule has 0 radical (unpaired) electrons. The number of Topliss-reactive ketones (excluding diaryl/α,β-unsaturated/α-hetero) is 1. The number of fused-ring (bicyclic) bond motifs is 2. The summed E-state index contributed by atoms with van der Waals surface area (Å²) in [4.78, 5) is 26.5. The number of hydrogen-bond acceptors (Lipinski definition) is 5. The number of ketones is 1. The minimum Gasteiger partial charge on any atom is -0.449 e. The van der Waals surface area contributed by atoms with Gasteiger partial charge >= 0.3 is 5.97 Å². The van der Waals surface area contributed by atoms with Crippen LogP contribution in [0.3, 0.4) is 0 Å². The van der Waals surface area contributed by atoms with Crippen molar-refractivity contribution in [1.29, 1.82) is 0 Å². The van der Waals surface area contributed by atoms with E-state index in [2.05, 4.69) is 21.2 Å². The molecule has 0 saturated carbocycles. The first-order valence-electron chi connectivity index (χ1n) is 9.51. The quantitative estimate of drug-likeness (QED) is 0.536. The van der Waals surface area contributed by atoms with E-state index in [-0.39, 0.29) is 23.1 Å².